The lowest BCUT2D eigenvalue weighted by molar-refractivity contribution is -0.124. The van der Waals surface area contributed by atoms with Crippen molar-refractivity contribution in [3.05, 3.63) is 0 Å². The third kappa shape index (κ3) is 7.25. The van der Waals surface area contributed by atoms with Gasteiger partial charge >= 0.3 is 0 Å². The molecule has 0 bridgehead atoms. The Morgan fingerprint density at radius 1 is 1.29 bits per heavy atom. The first kappa shape index (κ1) is 18.4. The van der Waals surface area contributed by atoms with Crippen LogP contribution < -0.4 is 5.32 Å². The molecule has 1 atom stereocenters. The highest BCUT2D eigenvalue weighted by Gasteiger charge is 2.27. The fraction of sp³-hybridized carbons (Fsp3) is 0.938. The molecule has 0 spiro atoms. The molecule has 0 aromatic heterocycles. The first-order valence-electron chi connectivity index (χ1n) is 8.21. The van der Waals surface area contributed by atoms with Crippen LogP contribution in [0, 0.1) is 0 Å². The number of ether oxygens (including phenoxy) is 1. The van der Waals surface area contributed by atoms with Gasteiger partial charge in [0.05, 0.1) is 13.2 Å². The Labute approximate surface area is 130 Å². The Hall–Kier alpha value is -0.650. The smallest absolute Gasteiger partial charge is 0.234 e. The highest BCUT2D eigenvalue weighted by atomic mass is 16.5. The van der Waals surface area contributed by atoms with Crippen LogP contribution in [0.1, 0.15) is 41.0 Å². The Morgan fingerprint density at radius 2 is 2.00 bits per heavy atom. The zero-order chi connectivity index (χ0) is 15.9. The molecule has 1 aliphatic heterocycles. The minimum Gasteiger partial charge on any atom is -0.380 e. The zero-order valence-corrected chi connectivity index (χ0v) is 14.4. The van der Waals surface area contributed by atoms with Gasteiger partial charge in [0.2, 0.25) is 5.91 Å². The first-order valence-corrected chi connectivity index (χ1v) is 8.21. The van der Waals surface area contributed by atoms with Crippen molar-refractivity contribution < 1.29 is 9.53 Å². The average Bonchev–Trinajstić information content (AvgIpc) is 2.38. The van der Waals surface area contributed by atoms with E-state index < -0.39 is 0 Å². The number of nitrogens with zero attached hydrogens (tertiary/aromatic N) is 2. The molecule has 1 fully saturated rings. The van der Waals surface area contributed by atoms with Crippen molar-refractivity contribution in [2.45, 2.75) is 52.6 Å². The van der Waals surface area contributed by atoms with Gasteiger partial charge < -0.3 is 10.1 Å². The van der Waals surface area contributed by atoms with Crippen LogP contribution in [0.15, 0.2) is 0 Å². The largest absolute Gasteiger partial charge is 0.380 e. The number of rotatable bonds is 7. The summed E-state index contributed by atoms with van der Waals surface area (Å²) in [6.07, 6.45) is 1.11. The van der Waals surface area contributed by atoms with Crippen LogP contribution in [0.25, 0.3) is 0 Å². The molecule has 0 saturated carbocycles. The Kier molecular flexibility index (Phi) is 7.63. The fourth-order valence-electron chi connectivity index (χ4n) is 2.77. The van der Waals surface area contributed by atoms with Gasteiger partial charge in [-0.2, -0.15) is 0 Å². The van der Waals surface area contributed by atoms with Crippen molar-refractivity contribution in [2.75, 3.05) is 45.9 Å². The van der Waals surface area contributed by atoms with Gasteiger partial charge in [-0.3, -0.25) is 14.6 Å². The van der Waals surface area contributed by atoms with Gasteiger partial charge in [-0.1, -0.05) is 6.92 Å². The molecule has 1 aliphatic rings. The molecule has 0 aromatic carbocycles. The minimum atomic E-state index is -0.152. The lowest BCUT2D eigenvalue weighted by atomic mass is 10.1. The molecule has 1 N–H and O–H groups in total. The summed E-state index contributed by atoms with van der Waals surface area (Å²) in [5, 5.41) is 3.04. The monoisotopic (exact) mass is 299 g/mol. The molecule has 0 radical (unpaired) electrons. The maximum absolute atomic E-state index is 12.0. The molecule has 0 aliphatic carbocycles. The molecule has 1 heterocycles. The van der Waals surface area contributed by atoms with E-state index in [1.54, 1.807) is 0 Å². The highest BCUT2D eigenvalue weighted by Crippen LogP contribution is 2.12. The second-order valence-corrected chi connectivity index (χ2v) is 6.83. The van der Waals surface area contributed by atoms with E-state index in [2.05, 4.69) is 22.0 Å². The SMILES string of the molecule is CCOCCN1CCN(CC(=O)NC(C)(C)C)C[C@@H]1CC. The van der Waals surface area contributed by atoms with E-state index >= 15 is 0 Å². The van der Waals surface area contributed by atoms with Crippen LogP contribution in [0.4, 0.5) is 0 Å². The van der Waals surface area contributed by atoms with Crippen molar-refractivity contribution in [3.8, 4) is 0 Å². The summed E-state index contributed by atoms with van der Waals surface area (Å²) in [4.78, 5) is 16.8. The predicted molar refractivity (Wildman–Crippen MR) is 86.5 cm³/mol. The maximum Gasteiger partial charge on any atom is 0.234 e. The summed E-state index contributed by atoms with van der Waals surface area (Å²) in [6.45, 7) is 16.3. The standard InChI is InChI=1S/C16H33N3O2/c1-6-14-12-18(13-15(20)17-16(3,4)5)8-9-19(14)10-11-21-7-2/h14H,6-13H2,1-5H3,(H,17,20)/t14-/m0/s1. The number of piperazine rings is 1. The van der Waals surface area contributed by atoms with Crippen molar-refractivity contribution in [2.24, 2.45) is 0 Å². The normalized spacial score (nSPS) is 21.5. The summed E-state index contributed by atoms with van der Waals surface area (Å²) in [5.41, 5.74) is -0.152. The van der Waals surface area contributed by atoms with E-state index in [1.807, 2.05) is 27.7 Å². The molecule has 1 saturated heterocycles. The lowest BCUT2D eigenvalue weighted by Crippen LogP contribution is -2.56. The Balaban J connectivity index is 2.39. The summed E-state index contributed by atoms with van der Waals surface area (Å²) in [5.74, 6) is 0.125. The van der Waals surface area contributed by atoms with Crippen LogP contribution in [0.2, 0.25) is 0 Å². The Bertz CT molecular complexity index is 315. The van der Waals surface area contributed by atoms with E-state index in [-0.39, 0.29) is 11.4 Å². The van der Waals surface area contributed by atoms with Crippen LogP contribution in [0.3, 0.4) is 0 Å². The molecular weight excluding hydrogens is 266 g/mol. The number of nitrogens with one attached hydrogen (secondary N) is 1. The second-order valence-electron chi connectivity index (χ2n) is 6.83. The molecular formula is C16H33N3O2. The predicted octanol–water partition coefficient (Wildman–Crippen LogP) is 1.33. The zero-order valence-electron chi connectivity index (χ0n) is 14.4. The molecule has 0 unspecified atom stereocenters. The van der Waals surface area contributed by atoms with Crippen LogP contribution in [-0.2, 0) is 9.53 Å². The van der Waals surface area contributed by atoms with Crippen molar-refractivity contribution in [1.29, 1.82) is 0 Å². The number of carbonyl (C=O) groups is 1. The minimum absolute atomic E-state index is 0.125. The van der Waals surface area contributed by atoms with Crippen molar-refractivity contribution in [3.63, 3.8) is 0 Å². The van der Waals surface area contributed by atoms with E-state index in [1.165, 1.54) is 0 Å². The van der Waals surface area contributed by atoms with E-state index in [0.717, 1.165) is 45.8 Å². The van der Waals surface area contributed by atoms with Gasteiger partial charge in [0.25, 0.3) is 0 Å². The van der Waals surface area contributed by atoms with Gasteiger partial charge in [-0.15, -0.1) is 0 Å². The van der Waals surface area contributed by atoms with Gasteiger partial charge in [0.15, 0.2) is 0 Å². The third-order valence-electron chi connectivity index (χ3n) is 3.77. The first-order chi connectivity index (χ1) is 9.85. The number of carbonyl (C=O) groups excluding carboxylic acids is 1. The number of hydrogen-bond acceptors (Lipinski definition) is 4. The molecule has 0 aromatic rings. The summed E-state index contributed by atoms with van der Waals surface area (Å²) < 4.78 is 5.46. The molecule has 21 heavy (non-hydrogen) atoms. The number of amides is 1. The topological polar surface area (TPSA) is 44.8 Å². The van der Waals surface area contributed by atoms with Crippen molar-refractivity contribution in [1.82, 2.24) is 15.1 Å². The fourth-order valence-corrected chi connectivity index (χ4v) is 2.77. The maximum atomic E-state index is 12.0. The van der Waals surface area contributed by atoms with E-state index in [9.17, 15) is 4.79 Å². The second kappa shape index (κ2) is 8.71. The summed E-state index contributed by atoms with van der Waals surface area (Å²) in [7, 11) is 0. The number of hydrogen-bond donors (Lipinski definition) is 1. The third-order valence-corrected chi connectivity index (χ3v) is 3.77. The van der Waals surface area contributed by atoms with Gasteiger partial charge in [-0.05, 0) is 34.1 Å². The average molecular weight is 299 g/mol. The molecule has 124 valence electrons. The van der Waals surface area contributed by atoms with Gasteiger partial charge in [-0.25, -0.2) is 0 Å². The quantitative estimate of drug-likeness (QED) is 0.721. The summed E-state index contributed by atoms with van der Waals surface area (Å²) >= 11 is 0. The molecule has 5 nitrogen and oxygen atoms in total. The van der Waals surface area contributed by atoms with Gasteiger partial charge in [0.1, 0.15) is 0 Å². The van der Waals surface area contributed by atoms with Crippen molar-refractivity contribution >= 4 is 5.91 Å². The van der Waals surface area contributed by atoms with E-state index in [4.69, 9.17) is 4.74 Å². The highest BCUT2D eigenvalue weighted by molar-refractivity contribution is 5.78. The van der Waals surface area contributed by atoms with E-state index in [0.29, 0.717) is 12.6 Å². The Morgan fingerprint density at radius 3 is 2.57 bits per heavy atom. The van der Waals surface area contributed by atoms with Gasteiger partial charge in [0, 0.05) is 44.4 Å². The van der Waals surface area contributed by atoms with Crippen LogP contribution in [0.5, 0.6) is 0 Å². The lowest BCUT2D eigenvalue weighted by Gasteiger charge is -2.41. The molecule has 1 rings (SSSR count). The van der Waals surface area contributed by atoms with Crippen LogP contribution >= 0.6 is 0 Å². The summed E-state index contributed by atoms with van der Waals surface area (Å²) in [6, 6.07) is 0.529. The molecule has 1 amide bonds. The van der Waals surface area contributed by atoms with Crippen LogP contribution in [-0.4, -0.2) is 73.2 Å². The molecule has 5 heteroatoms.